The van der Waals surface area contributed by atoms with Crippen molar-refractivity contribution < 1.29 is 0 Å². The zero-order valence-electron chi connectivity index (χ0n) is 14.6. The lowest BCUT2D eigenvalue weighted by Crippen LogP contribution is -2.52. The molecule has 2 heterocycles. The van der Waals surface area contributed by atoms with E-state index in [0.29, 0.717) is 6.04 Å². The molecule has 1 aliphatic rings. The Bertz CT molecular complexity index is 480. The lowest BCUT2D eigenvalue weighted by atomic mass is 10.2. The first-order valence-electron chi connectivity index (χ1n) is 7.94. The third kappa shape index (κ3) is 6.27. The normalized spacial score (nSPS) is 18.3. The number of guanidine groups is 1. The van der Waals surface area contributed by atoms with Crippen LogP contribution < -0.4 is 10.6 Å². The topological polar surface area (TPSA) is 60.7 Å². The van der Waals surface area contributed by atoms with Gasteiger partial charge in [-0.15, -0.1) is 24.0 Å². The molecule has 1 atom stereocenters. The Morgan fingerprint density at radius 2 is 1.96 bits per heavy atom. The molecule has 0 radical (unpaired) electrons. The average molecular weight is 435 g/mol. The molecule has 1 aromatic heterocycles. The number of nitrogens with zero attached hydrogens (tertiary/aromatic N) is 5. The largest absolute Gasteiger partial charge is 0.355 e. The number of aliphatic imine (C=N–C) groups is 1. The summed E-state index contributed by atoms with van der Waals surface area (Å²) in [5, 5.41) is 10.9. The minimum Gasteiger partial charge on any atom is -0.355 e. The van der Waals surface area contributed by atoms with Crippen LogP contribution in [0.2, 0.25) is 0 Å². The van der Waals surface area contributed by atoms with Gasteiger partial charge in [0, 0.05) is 59.1 Å². The predicted molar refractivity (Wildman–Crippen MR) is 105 cm³/mol. The summed E-state index contributed by atoms with van der Waals surface area (Å²) in [7, 11) is 5.94. The first kappa shape index (κ1) is 20.2. The Morgan fingerprint density at radius 1 is 1.26 bits per heavy atom. The van der Waals surface area contributed by atoms with Crippen LogP contribution in [0.25, 0.3) is 0 Å². The Kier molecular flexibility index (Phi) is 8.85. The zero-order chi connectivity index (χ0) is 15.9. The van der Waals surface area contributed by atoms with Gasteiger partial charge < -0.3 is 15.5 Å². The van der Waals surface area contributed by atoms with Gasteiger partial charge in [0.1, 0.15) is 0 Å². The summed E-state index contributed by atoms with van der Waals surface area (Å²) in [5.74, 6) is 0.835. The highest BCUT2D eigenvalue weighted by atomic mass is 127. The van der Waals surface area contributed by atoms with Crippen molar-refractivity contribution in [1.29, 1.82) is 0 Å². The van der Waals surface area contributed by atoms with E-state index in [1.54, 1.807) is 7.05 Å². The molecule has 1 saturated heterocycles. The van der Waals surface area contributed by atoms with Gasteiger partial charge in [0.05, 0.1) is 12.2 Å². The Labute approximate surface area is 156 Å². The molecule has 23 heavy (non-hydrogen) atoms. The van der Waals surface area contributed by atoms with Crippen LogP contribution in [0, 0.1) is 0 Å². The van der Waals surface area contributed by atoms with Crippen molar-refractivity contribution in [2.24, 2.45) is 12.0 Å². The summed E-state index contributed by atoms with van der Waals surface area (Å²) in [6.07, 6.45) is 1.81. The van der Waals surface area contributed by atoms with E-state index in [1.165, 1.54) is 0 Å². The van der Waals surface area contributed by atoms with E-state index in [2.05, 4.69) is 44.5 Å². The van der Waals surface area contributed by atoms with Crippen LogP contribution in [0.4, 0.5) is 0 Å². The van der Waals surface area contributed by atoms with Crippen molar-refractivity contribution in [3.05, 3.63) is 18.0 Å². The maximum absolute atomic E-state index is 4.28. The molecule has 0 aromatic carbocycles. The van der Waals surface area contributed by atoms with E-state index in [0.717, 1.165) is 50.9 Å². The Hall–Kier alpha value is -0.870. The smallest absolute Gasteiger partial charge is 0.191 e. The van der Waals surface area contributed by atoms with Crippen molar-refractivity contribution in [3.63, 3.8) is 0 Å². The van der Waals surface area contributed by atoms with E-state index in [9.17, 15) is 0 Å². The lowest BCUT2D eigenvalue weighted by Gasteiger charge is -2.36. The number of hydrogen-bond acceptors (Lipinski definition) is 4. The molecule has 0 aliphatic carbocycles. The fraction of sp³-hybridized carbons (Fsp3) is 0.733. The summed E-state index contributed by atoms with van der Waals surface area (Å²) in [6, 6.07) is 2.51. The highest BCUT2D eigenvalue weighted by Gasteiger charge is 2.19. The molecule has 0 bridgehead atoms. The molecule has 1 aromatic rings. The molecule has 2 N–H and O–H groups in total. The minimum atomic E-state index is 0. The molecular weight excluding hydrogens is 405 g/mol. The second kappa shape index (κ2) is 10.1. The van der Waals surface area contributed by atoms with Crippen LogP contribution in [-0.2, 0) is 13.6 Å². The molecule has 0 amide bonds. The fourth-order valence-electron chi connectivity index (χ4n) is 2.61. The van der Waals surface area contributed by atoms with Gasteiger partial charge in [-0.1, -0.05) is 0 Å². The second-order valence-electron chi connectivity index (χ2n) is 5.94. The maximum Gasteiger partial charge on any atom is 0.191 e. The van der Waals surface area contributed by atoms with Gasteiger partial charge in [0.2, 0.25) is 0 Å². The third-order valence-electron chi connectivity index (χ3n) is 4.31. The van der Waals surface area contributed by atoms with Crippen molar-refractivity contribution in [2.75, 3.05) is 46.8 Å². The van der Waals surface area contributed by atoms with Crippen LogP contribution in [0.1, 0.15) is 12.6 Å². The zero-order valence-corrected chi connectivity index (χ0v) is 16.9. The van der Waals surface area contributed by atoms with Crippen molar-refractivity contribution in [3.8, 4) is 0 Å². The van der Waals surface area contributed by atoms with E-state index < -0.39 is 0 Å². The third-order valence-corrected chi connectivity index (χ3v) is 4.31. The number of halogens is 1. The van der Waals surface area contributed by atoms with Crippen molar-refractivity contribution >= 4 is 29.9 Å². The first-order valence-corrected chi connectivity index (χ1v) is 7.94. The quantitative estimate of drug-likeness (QED) is 0.397. The van der Waals surface area contributed by atoms with Crippen LogP contribution in [-0.4, -0.2) is 78.4 Å². The van der Waals surface area contributed by atoms with Crippen molar-refractivity contribution in [2.45, 2.75) is 19.5 Å². The van der Waals surface area contributed by atoms with Gasteiger partial charge in [-0.05, 0) is 20.0 Å². The molecular formula is C15H30IN7. The van der Waals surface area contributed by atoms with Gasteiger partial charge in [0.25, 0.3) is 0 Å². The van der Waals surface area contributed by atoms with Crippen LogP contribution in [0.15, 0.2) is 17.3 Å². The summed E-state index contributed by atoms with van der Waals surface area (Å²) in [5.41, 5.74) is 1.13. The minimum absolute atomic E-state index is 0. The highest BCUT2D eigenvalue weighted by molar-refractivity contribution is 14.0. The number of aromatic nitrogens is 2. The molecule has 132 valence electrons. The molecule has 1 aliphatic heterocycles. The highest BCUT2D eigenvalue weighted by Crippen LogP contribution is 2.04. The summed E-state index contributed by atoms with van der Waals surface area (Å²) in [6.45, 7) is 8.47. The number of piperazine rings is 1. The van der Waals surface area contributed by atoms with E-state index in [-0.39, 0.29) is 24.0 Å². The second-order valence-corrected chi connectivity index (χ2v) is 5.94. The predicted octanol–water partition coefficient (Wildman–Crippen LogP) is 0.339. The maximum atomic E-state index is 4.28. The number of nitrogens with one attached hydrogen (secondary N) is 2. The molecule has 7 nitrogen and oxygen atoms in total. The van der Waals surface area contributed by atoms with Gasteiger partial charge in [-0.25, -0.2) is 0 Å². The molecule has 1 unspecified atom stereocenters. The SMILES string of the molecule is CN=C(NCc1ccnn1C)NCC(C)N1CCN(C)CC1.I. The van der Waals surface area contributed by atoms with Crippen LogP contribution >= 0.6 is 24.0 Å². The average Bonchev–Trinajstić information content (AvgIpc) is 2.93. The Morgan fingerprint density at radius 3 is 2.52 bits per heavy atom. The van der Waals surface area contributed by atoms with E-state index >= 15 is 0 Å². The summed E-state index contributed by atoms with van der Waals surface area (Å²) >= 11 is 0. The molecule has 0 saturated carbocycles. The summed E-state index contributed by atoms with van der Waals surface area (Å²) < 4.78 is 1.87. The number of aryl methyl sites for hydroxylation is 1. The fourth-order valence-corrected chi connectivity index (χ4v) is 2.61. The van der Waals surface area contributed by atoms with E-state index in [1.807, 2.05) is 24.0 Å². The number of rotatable bonds is 5. The molecule has 1 fully saturated rings. The van der Waals surface area contributed by atoms with Crippen LogP contribution in [0.3, 0.4) is 0 Å². The van der Waals surface area contributed by atoms with Gasteiger partial charge >= 0.3 is 0 Å². The number of hydrogen-bond donors (Lipinski definition) is 2. The van der Waals surface area contributed by atoms with E-state index in [4.69, 9.17) is 0 Å². The summed E-state index contributed by atoms with van der Waals surface area (Å²) in [4.78, 5) is 9.19. The van der Waals surface area contributed by atoms with Gasteiger partial charge in [-0.3, -0.25) is 14.6 Å². The first-order chi connectivity index (χ1) is 10.6. The van der Waals surface area contributed by atoms with Gasteiger partial charge in [-0.2, -0.15) is 5.10 Å². The molecule has 2 rings (SSSR count). The van der Waals surface area contributed by atoms with Crippen LogP contribution in [0.5, 0.6) is 0 Å². The Balaban J connectivity index is 0.00000264. The van der Waals surface area contributed by atoms with Gasteiger partial charge in [0.15, 0.2) is 5.96 Å². The molecule has 0 spiro atoms. The standard InChI is InChI=1S/C15H29N7.HI/c1-13(22-9-7-20(3)8-10-22)11-17-15(16-2)18-12-14-5-6-19-21(14)4;/h5-6,13H,7-12H2,1-4H3,(H2,16,17,18);1H. The number of likely N-dealkylation sites (N-methyl/N-ethyl adjacent to an activating group) is 1. The monoisotopic (exact) mass is 435 g/mol. The molecule has 8 heteroatoms. The van der Waals surface area contributed by atoms with Crippen molar-refractivity contribution in [1.82, 2.24) is 30.2 Å². The lowest BCUT2D eigenvalue weighted by molar-refractivity contribution is 0.120.